The number of aromatic nitrogens is 1. The van der Waals surface area contributed by atoms with E-state index in [-0.39, 0.29) is 0 Å². The van der Waals surface area contributed by atoms with Crippen LogP contribution in [0.25, 0.3) is 0 Å². The molecule has 1 N–H and O–H groups in total. The fourth-order valence-corrected chi connectivity index (χ4v) is 3.43. The lowest BCUT2D eigenvalue weighted by atomic mass is 10.3. The van der Waals surface area contributed by atoms with Gasteiger partial charge in [0, 0.05) is 35.9 Å². The van der Waals surface area contributed by atoms with Gasteiger partial charge >= 0.3 is 0 Å². The summed E-state index contributed by atoms with van der Waals surface area (Å²) in [5.74, 6) is 0. The van der Waals surface area contributed by atoms with Crippen LogP contribution in [0.3, 0.4) is 0 Å². The van der Waals surface area contributed by atoms with Gasteiger partial charge in [-0.05, 0) is 31.8 Å². The maximum Gasteiger partial charge on any atom is 0.0798 e. The van der Waals surface area contributed by atoms with Crippen molar-refractivity contribution in [1.82, 2.24) is 15.2 Å². The first kappa shape index (κ1) is 14.7. The number of hydrogen-bond donors (Lipinski definition) is 1. The molecule has 0 bridgehead atoms. The van der Waals surface area contributed by atoms with Crippen molar-refractivity contribution in [2.24, 2.45) is 0 Å². The average Bonchev–Trinajstić information content (AvgIpc) is 3.02. The second-order valence-corrected chi connectivity index (χ2v) is 6.65. The molecule has 19 heavy (non-hydrogen) atoms. The van der Waals surface area contributed by atoms with Crippen LogP contribution in [0.4, 0.5) is 0 Å². The summed E-state index contributed by atoms with van der Waals surface area (Å²) in [4.78, 5) is 9.47. The van der Waals surface area contributed by atoms with Gasteiger partial charge < -0.3 is 5.32 Å². The summed E-state index contributed by atoms with van der Waals surface area (Å²) in [6.45, 7) is 6.26. The zero-order chi connectivity index (χ0) is 13.5. The van der Waals surface area contributed by atoms with Crippen LogP contribution in [0, 0.1) is 6.92 Å². The molecule has 0 amide bonds. The van der Waals surface area contributed by atoms with Crippen molar-refractivity contribution in [3.8, 4) is 0 Å². The molecule has 104 valence electrons. The lowest BCUT2D eigenvalue weighted by Crippen LogP contribution is -2.29. The fourth-order valence-electron chi connectivity index (χ4n) is 1.86. The highest BCUT2D eigenvalue weighted by Crippen LogP contribution is 2.13. The highest BCUT2D eigenvalue weighted by atomic mass is 32.1. The van der Waals surface area contributed by atoms with E-state index in [0.717, 1.165) is 32.6 Å². The standard InChI is InChI=1S/C14H21N3S2/c1-12-14(19-11-16-12)10-17(2)8-7-15-6-5-13-4-3-9-18-13/h3-4,9,11,15H,5-8,10H2,1-2H3. The van der Waals surface area contributed by atoms with Crippen LogP contribution in [-0.2, 0) is 13.0 Å². The number of aryl methyl sites for hydroxylation is 1. The molecule has 3 nitrogen and oxygen atoms in total. The number of nitrogens with zero attached hydrogens (tertiary/aromatic N) is 2. The largest absolute Gasteiger partial charge is 0.315 e. The number of thiazole rings is 1. The van der Waals surface area contributed by atoms with Gasteiger partial charge in [0.25, 0.3) is 0 Å². The maximum absolute atomic E-state index is 4.29. The molecular weight excluding hydrogens is 274 g/mol. The second-order valence-electron chi connectivity index (χ2n) is 4.68. The minimum atomic E-state index is 1.00. The minimum absolute atomic E-state index is 1.00. The van der Waals surface area contributed by atoms with E-state index in [4.69, 9.17) is 0 Å². The summed E-state index contributed by atoms with van der Waals surface area (Å²) in [5.41, 5.74) is 3.10. The van der Waals surface area contributed by atoms with E-state index < -0.39 is 0 Å². The van der Waals surface area contributed by atoms with Crippen molar-refractivity contribution in [3.05, 3.63) is 38.5 Å². The summed E-state index contributed by atoms with van der Waals surface area (Å²) in [5, 5.41) is 5.64. The summed E-state index contributed by atoms with van der Waals surface area (Å²) >= 11 is 3.58. The average molecular weight is 295 g/mol. The van der Waals surface area contributed by atoms with Gasteiger partial charge in [-0.15, -0.1) is 22.7 Å². The van der Waals surface area contributed by atoms with E-state index in [2.05, 4.69) is 46.7 Å². The SMILES string of the molecule is Cc1ncsc1CN(C)CCNCCc1cccs1. The van der Waals surface area contributed by atoms with Gasteiger partial charge in [0.2, 0.25) is 0 Å². The van der Waals surface area contributed by atoms with Crippen LogP contribution < -0.4 is 5.32 Å². The van der Waals surface area contributed by atoms with Crippen LogP contribution >= 0.6 is 22.7 Å². The molecule has 2 aromatic rings. The van der Waals surface area contributed by atoms with Gasteiger partial charge in [-0.2, -0.15) is 0 Å². The van der Waals surface area contributed by atoms with Crippen LogP contribution in [0.2, 0.25) is 0 Å². The Morgan fingerprint density at radius 3 is 2.89 bits per heavy atom. The third-order valence-electron chi connectivity index (χ3n) is 3.06. The van der Waals surface area contributed by atoms with Crippen molar-refractivity contribution in [3.63, 3.8) is 0 Å². The van der Waals surface area contributed by atoms with Gasteiger partial charge in [-0.25, -0.2) is 4.98 Å². The molecule has 0 radical (unpaired) electrons. The van der Waals surface area contributed by atoms with E-state index in [9.17, 15) is 0 Å². The summed E-state index contributed by atoms with van der Waals surface area (Å²) < 4.78 is 0. The van der Waals surface area contributed by atoms with E-state index in [1.54, 1.807) is 11.3 Å². The Hall–Kier alpha value is -0.750. The van der Waals surface area contributed by atoms with Gasteiger partial charge in [0.15, 0.2) is 0 Å². The van der Waals surface area contributed by atoms with E-state index in [0.29, 0.717) is 0 Å². The molecule has 0 aromatic carbocycles. The molecule has 0 atom stereocenters. The predicted octanol–water partition coefficient (Wildman–Crippen LogP) is 2.78. The Bertz CT molecular complexity index is 465. The zero-order valence-electron chi connectivity index (χ0n) is 11.6. The first-order valence-electron chi connectivity index (χ1n) is 6.56. The highest BCUT2D eigenvalue weighted by Gasteiger charge is 2.05. The lowest BCUT2D eigenvalue weighted by Gasteiger charge is -2.16. The molecule has 0 saturated heterocycles. The van der Waals surface area contributed by atoms with Gasteiger partial charge in [0.05, 0.1) is 11.2 Å². The molecule has 0 fully saturated rings. The molecule has 2 heterocycles. The van der Waals surface area contributed by atoms with Gasteiger partial charge in [0.1, 0.15) is 0 Å². The molecular formula is C14H21N3S2. The normalized spacial score (nSPS) is 11.3. The number of nitrogens with one attached hydrogen (secondary N) is 1. The van der Waals surface area contributed by atoms with E-state index in [1.165, 1.54) is 15.4 Å². The molecule has 2 aromatic heterocycles. The van der Waals surface area contributed by atoms with Crippen molar-refractivity contribution in [1.29, 1.82) is 0 Å². The quantitative estimate of drug-likeness (QED) is 0.759. The smallest absolute Gasteiger partial charge is 0.0798 e. The zero-order valence-corrected chi connectivity index (χ0v) is 13.2. The van der Waals surface area contributed by atoms with Crippen molar-refractivity contribution >= 4 is 22.7 Å². The minimum Gasteiger partial charge on any atom is -0.315 e. The molecule has 0 unspecified atom stereocenters. The topological polar surface area (TPSA) is 28.2 Å². The van der Waals surface area contributed by atoms with Crippen LogP contribution in [-0.4, -0.2) is 36.6 Å². The molecule has 0 aliphatic carbocycles. The van der Waals surface area contributed by atoms with E-state index >= 15 is 0 Å². The Kier molecular flexibility index (Phi) is 5.97. The summed E-state index contributed by atoms with van der Waals surface area (Å²) in [6, 6.07) is 4.32. The third kappa shape index (κ3) is 5.03. The second kappa shape index (κ2) is 7.75. The Morgan fingerprint density at radius 1 is 1.32 bits per heavy atom. The number of thiophene rings is 1. The fraction of sp³-hybridized carbons (Fsp3) is 0.500. The third-order valence-corrected chi connectivity index (χ3v) is 4.91. The summed E-state index contributed by atoms with van der Waals surface area (Å²) in [6.07, 6.45) is 1.13. The number of hydrogen-bond acceptors (Lipinski definition) is 5. The molecule has 0 aliphatic heterocycles. The first-order chi connectivity index (χ1) is 9.25. The van der Waals surface area contributed by atoms with Crippen molar-refractivity contribution < 1.29 is 0 Å². The van der Waals surface area contributed by atoms with Crippen LogP contribution in [0.5, 0.6) is 0 Å². The van der Waals surface area contributed by atoms with Crippen molar-refractivity contribution in [2.75, 3.05) is 26.7 Å². The van der Waals surface area contributed by atoms with Crippen LogP contribution in [0.15, 0.2) is 23.0 Å². The molecule has 5 heteroatoms. The summed E-state index contributed by atoms with van der Waals surface area (Å²) in [7, 11) is 2.17. The van der Waals surface area contributed by atoms with Gasteiger partial charge in [-0.1, -0.05) is 6.07 Å². The van der Waals surface area contributed by atoms with Crippen LogP contribution in [0.1, 0.15) is 15.4 Å². The molecule has 0 spiro atoms. The monoisotopic (exact) mass is 295 g/mol. The Labute approximate surface area is 123 Å². The molecule has 2 rings (SSSR count). The maximum atomic E-state index is 4.29. The first-order valence-corrected chi connectivity index (χ1v) is 8.32. The van der Waals surface area contributed by atoms with Gasteiger partial charge in [-0.3, -0.25) is 4.90 Å². The highest BCUT2D eigenvalue weighted by molar-refractivity contribution is 7.10. The van der Waals surface area contributed by atoms with Crippen molar-refractivity contribution in [2.45, 2.75) is 19.9 Å². The molecule has 0 saturated carbocycles. The molecule has 0 aliphatic rings. The number of rotatable bonds is 8. The number of likely N-dealkylation sites (N-methyl/N-ethyl adjacent to an activating group) is 1. The lowest BCUT2D eigenvalue weighted by molar-refractivity contribution is 0.327. The predicted molar refractivity (Wildman–Crippen MR) is 84.1 cm³/mol. The van der Waals surface area contributed by atoms with E-state index in [1.807, 2.05) is 16.8 Å². The Balaban J connectivity index is 1.56. The Morgan fingerprint density at radius 2 is 2.21 bits per heavy atom.